The molecule has 0 saturated heterocycles. The molecule has 0 aromatic carbocycles. The molecule has 2 heterocycles. The Morgan fingerprint density at radius 3 is 2.81 bits per heavy atom. The molecule has 0 radical (unpaired) electrons. The molecule has 0 bridgehead atoms. The average molecular weight is 292 g/mol. The van der Waals surface area contributed by atoms with Crippen molar-refractivity contribution in [2.45, 2.75) is 12.5 Å². The number of carbonyl (C=O) groups is 1. The number of hydrogen-bond donors (Lipinski definition) is 2. The maximum absolute atomic E-state index is 12.4. The molecule has 2 rings (SSSR count). The molecule has 21 heavy (non-hydrogen) atoms. The number of carbonyl (C=O) groups excluding carboxylic acids is 1. The first kappa shape index (κ1) is 15.3. The fourth-order valence-electron chi connectivity index (χ4n) is 2.19. The minimum Gasteiger partial charge on any atom is -0.396 e. The molecular weight excluding hydrogens is 272 g/mol. The number of amides is 1. The maximum Gasteiger partial charge on any atom is 0.256 e. The lowest BCUT2D eigenvalue weighted by molar-refractivity contribution is 0.0878. The number of ether oxygens (including phenoxy) is 1. The van der Waals surface area contributed by atoms with Gasteiger partial charge in [0.15, 0.2) is 0 Å². The van der Waals surface area contributed by atoms with Crippen LogP contribution in [0, 0.1) is 0 Å². The van der Waals surface area contributed by atoms with Gasteiger partial charge in [-0.1, -0.05) is 0 Å². The lowest BCUT2D eigenvalue weighted by Crippen LogP contribution is -2.39. The molecule has 114 valence electrons. The van der Waals surface area contributed by atoms with Crippen LogP contribution in [0.3, 0.4) is 0 Å². The topological polar surface area (TPSA) is 81.3 Å². The number of nitrogens with zero attached hydrogens (tertiary/aromatic N) is 3. The summed E-state index contributed by atoms with van der Waals surface area (Å²) in [5, 5.41) is 16.0. The van der Waals surface area contributed by atoms with Crippen LogP contribution in [0.1, 0.15) is 16.8 Å². The third-order valence-corrected chi connectivity index (χ3v) is 3.18. The van der Waals surface area contributed by atoms with Crippen molar-refractivity contribution in [2.24, 2.45) is 7.05 Å². The minimum absolute atomic E-state index is 0.00813. The van der Waals surface area contributed by atoms with Crippen LogP contribution >= 0.6 is 0 Å². The van der Waals surface area contributed by atoms with Gasteiger partial charge in [0.1, 0.15) is 11.4 Å². The third kappa shape index (κ3) is 3.50. The highest BCUT2D eigenvalue weighted by Crippen LogP contribution is 2.14. The van der Waals surface area contributed by atoms with E-state index in [4.69, 9.17) is 9.84 Å². The Bertz CT molecular complexity index is 571. The molecular formula is C14H20N4O3. The van der Waals surface area contributed by atoms with Crippen LogP contribution in [-0.4, -0.2) is 51.7 Å². The lowest BCUT2D eigenvalue weighted by Gasteiger charge is -2.17. The molecule has 1 atom stereocenters. The number of rotatable bonds is 7. The van der Waals surface area contributed by atoms with E-state index < -0.39 is 0 Å². The van der Waals surface area contributed by atoms with Gasteiger partial charge in [0.05, 0.1) is 18.8 Å². The van der Waals surface area contributed by atoms with Crippen LogP contribution in [0.2, 0.25) is 0 Å². The molecule has 0 aliphatic rings. The summed E-state index contributed by atoms with van der Waals surface area (Å²) in [4.78, 5) is 12.4. The van der Waals surface area contributed by atoms with E-state index in [2.05, 4.69) is 10.4 Å². The first-order valence-electron chi connectivity index (χ1n) is 6.73. The fourth-order valence-corrected chi connectivity index (χ4v) is 2.19. The largest absolute Gasteiger partial charge is 0.396 e. The van der Waals surface area contributed by atoms with Crippen molar-refractivity contribution in [3.63, 3.8) is 0 Å². The highest BCUT2D eigenvalue weighted by molar-refractivity contribution is 5.97. The molecule has 1 amide bonds. The van der Waals surface area contributed by atoms with Crippen molar-refractivity contribution in [3.05, 3.63) is 36.3 Å². The molecule has 2 N–H and O–H groups in total. The van der Waals surface area contributed by atoms with Crippen molar-refractivity contribution < 1.29 is 14.6 Å². The highest BCUT2D eigenvalue weighted by atomic mass is 16.5. The van der Waals surface area contributed by atoms with E-state index in [1.165, 1.54) is 6.20 Å². The van der Waals surface area contributed by atoms with Gasteiger partial charge in [-0.3, -0.25) is 9.48 Å². The summed E-state index contributed by atoms with van der Waals surface area (Å²) in [5.41, 5.74) is 0.479. The van der Waals surface area contributed by atoms with Crippen LogP contribution < -0.4 is 5.32 Å². The van der Waals surface area contributed by atoms with E-state index in [1.54, 1.807) is 18.8 Å². The molecule has 0 aliphatic heterocycles. The van der Waals surface area contributed by atoms with E-state index in [1.807, 2.05) is 29.1 Å². The van der Waals surface area contributed by atoms with Crippen molar-refractivity contribution >= 4 is 5.91 Å². The Morgan fingerprint density at radius 1 is 1.48 bits per heavy atom. The smallest absolute Gasteiger partial charge is 0.256 e. The quantitative estimate of drug-likeness (QED) is 0.771. The Morgan fingerprint density at radius 2 is 2.19 bits per heavy atom. The predicted octanol–water partition coefficient (Wildman–Crippen LogP) is 0.338. The molecule has 7 nitrogen and oxygen atoms in total. The van der Waals surface area contributed by atoms with Gasteiger partial charge in [-0.15, -0.1) is 0 Å². The monoisotopic (exact) mass is 292 g/mol. The Hall–Kier alpha value is -2.12. The van der Waals surface area contributed by atoms with Crippen LogP contribution in [0.4, 0.5) is 0 Å². The number of aliphatic hydroxyl groups excluding tert-OH is 1. The Labute approximate surface area is 123 Å². The summed E-state index contributed by atoms with van der Waals surface area (Å²) in [6, 6.07) is 3.53. The summed E-state index contributed by atoms with van der Waals surface area (Å²) < 4.78 is 8.53. The van der Waals surface area contributed by atoms with Crippen LogP contribution in [0.15, 0.2) is 30.7 Å². The van der Waals surface area contributed by atoms with Crippen molar-refractivity contribution in [2.75, 3.05) is 20.3 Å². The zero-order chi connectivity index (χ0) is 15.2. The van der Waals surface area contributed by atoms with Crippen molar-refractivity contribution in [1.29, 1.82) is 0 Å². The predicted molar refractivity (Wildman–Crippen MR) is 77.4 cm³/mol. The first-order chi connectivity index (χ1) is 10.2. The fraction of sp³-hybridized carbons (Fsp3) is 0.429. The van der Waals surface area contributed by atoms with Gasteiger partial charge in [-0.25, -0.2) is 0 Å². The number of aryl methyl sites for hydroxylation is 1. The van der Waals surface area contributed by atoms with E-state index in [9.17, 15) is 4.79 Å². The van der Waals surface area contributed by atoms with Crippen LogP contribution in [0.25, 0.3) is 5.82 Å². The Balaban J connectivity index is 2.20. The standard InChI is InChI=1S/C14H20N4O3/c1-17-14(18-6-3-4-7-18)12(9-15-17)13(20)16-11(5-8-19)10-21-2/h3-4,6-7,9,11,19H,5,8,10H2,1-2H3,(H,16,20). The summed E-state index contributed by atoms with van der Waals surface area (Å²) in [5.74, 6) is 0.458. The normalized spacial score (nSPS) is 12.3. The number of aliphatic hydroxyl groups is 1. The van der Waals surface area contributed by atoms with Gasteiger partial charge in [0.2, 0.25) is 0 Å². The number of aromatic nitrogens is 3. The van der Waals surface area contributed by atoms with E-state index in [0.717, 1.165) is 0 Å². The molecule has 0 spiro atoms. The lowest BCUT2D eigenvalue weighted by atomic mass is 10.2. The highest BCUT2D eigenvalue weighted by Gasteiger charge is 2.20. The van der Waals surface area contributed by atoms with Crippen molar-refractivity contribution in [1.82, 2.24) is 19.7 Å². The average Bonchev–Trinajstić information content (AvgIpc) is 3.08. The molecule has 2 aromatic heterocycles. The molecule has 0 aliphatic carbocycles. The number of nitrogens with one attached hydrogen (secondary N) is 1. The summed E-state index contributed by atoms with van der Waals surface area (Å²) in [6.45, 7) is 0.344. The van der Waals surface area contributed by atoms with E-state index in [-0.39, 0.29) is 18.6 Å². The summed E-state index contributed by atoms with van der Waals surface area (Å²) in [6.07, 6.45) is 5.69. The van der Waals surface area contributed by atoms with Crippen molar-refractivity contribution in [3.8, 4) is 5.82 Å². The molecule has 2 aromatic rings. The second kappa shape index (κ2) is 7.05. The molecule has 0 fully saturated rings. The maximum atomic E-state index is 12.4. The second-order valence-corrected chi connectivity index (χ2v) is 4.73. The van der Waals surface area contributed by atoms with E-state index >= 15 is 0 Å². The van der Waals surface area contributed by atoms with Crippen LogP contribution in [-0.2, 0) is 11.8 Å². The number of methoxy groups -OCH3 is 1. The van der Waals surface area contributed by atoms with Gasteiger partial charge in [0, 0.05) is 33.2 Å². The summed E-state index contributed by atoms with van der Waals surface area (Å²) in [7, 11) is 3.35. The zero-order valence-electron chi connectivity index (χ0n) is 12.2. The van der Waals surface area contributed by atoms with Crippen LogP contribution in [0.5, 0.6) is 0 Å². The molecule has 7 heteroatoms. The van der Waals surface area contributed by atoms with Gasteiger partial charge in [-0.2, -0.15) is 5.10 Å². The number of hydrogen-bond acceptors (Lipinski definition) is 4. The SMILES string of the molecule is COCC(CCO)NC(=O)c1cnn(C)c1-n1cccc1. The molecule has 0 saturated carbocycles. The van der Waals surface area contributed by atoms with E-state index in [0.29, 0.717) is 24.4 Å². The Kier molecular flexibility index (Phi) is 5.13. The summed E-state index contributed by atoms with van der Waals surface area (Å²) >= 11 is 0. The zero-order valence-corrected chi connectivity index (χ0v) is 12.2. The second-order valence-electron chi connectivity index (χ2n) is 4.73. The first-order valence-corrected chi connectivity index (χ1v) is 6.73. The van der Waals surface area contributed by atoms with Gasteiger partial charge in [0.25, 0.3) is 5.91 Å². The third-order valence-electron chi connectivity index (χ3n) is 3.18. The minimum atomic E-state index is -0.234. The van der Waals surface area contributed by atoms with Gasteiger partial charge >= 0.3 is 0 Å². The van der Waals surface area contributed by atoms with Gasteiger partial charge < -0.3 is 19.7 Å². The van der Waals surface area contributed by atoms with Gasteiger partial charge in [-0.05, 0) is 18.6 Å². The molecule has 1 unspecified atom stereocenters.